The van der Waals surface area contributed by atoms with Crippen molar-refractivity contribution in [1.29, 1.82) is 0 Å². The van der Waals surface area contributed by atoms with Crippen molar-refractivity contribution in [3.63, 3.8) is 0 Å². The van der Waals surface area contributed by atoms with Crippen molar-refractivity contribution in [1.82, 2.24) is 0 Å². The molecule has 0 rings (SSSR count). The molecule has 9 heavy (non-hydrogen) atoms. The first-order valence-corrected chi connectivity index (χ1v) is 3.32. The van der Waals surface area contributed by atoms with E-state index in [1.54, 1.807) is 0 Å². The van der Waals surface area contributed by atoms with Crippen molar-refractivity contribution in [3.8, 4) is 0 Å². The number of allylic oxidation sites excluding steroid dienone is 3. The maximum atomic E-state index is 5.54. The topological polar surface area (TPSA) is 26.0 Å². The molecule has 0 amide bonds. The maximum absolute atomic E-state index is 5.54. The molecule has 0 bridgehead atoms. The first-order valence-electron chi connectivity index (χ1n) is 3.32. The molecular weight excluding hydrogens is 110 g/mol. The van der Waals surface area contributed by atoms with E-state index in [0.29, 0.717) is 0 Å². The van der Waals surface area contributed by atoms with E-state index in [1.165, 1.54) is 0 Å². The van der Waals surface area contributed by atoms with E-state index in [2.05, 4.69) is 6.58 Å². The van der Waals surface area contributed by atoms with Gasteiger partial charge in [0, 0.05) is 5.70 Å². The minimum atomic E-state index is 0.983. The van der Waals surface area contributed by atoms with Crippen molar-refractivity contribution >= 4 is 0 Å². The standard InChI is InChI=1S/C8H15N/c1-3-5-6-7-8(9)4-2/h3-4H,1,5-7,9H2,2H3. The Morgan fingerprint density at radius 1 is 1.67 bits per heavy atom. The van der Waals surface area contributed by atoms with Gasteiger partial charge in [-0.3, -0.25) is 0 Å². The first-order chi connectivity index (χ1) is 4.31. The number of unbranched alkanes of at least 4 members (excludes halogenated alkanes) is 1. The monoisotopic (exact) mass is 125 g/mol. The molecule has 0 spiro atoms. The van der Waals surface area contributed by atoms with Crippen LogP contribution in [0.3, 0.4) is 0 Å². The zero-order valence-electron chi connectivity index (χ0n) is 6.06. The summed E-state index contributed by atoms with van der Waals surface area (Å²) in [5.41, 5.74) is 6.52. The highest BCUT2D eigenvalue weighted by Gasteiger charge is 1.85. The Bertz CT molecular complexity index is 103. The second-order valence-corrected chi connectivity index (χ2v) is 2.04. The molecule has 0 aromatic rings. The lowest BCUT2D eigenvalue weighted by molar-refractivity contribution is 0.823. The lowest BCUT2D eigenvalue weighted by Gasteiger charge is -1.95. The van der Waals surface area contributed by atoms with Gasteiger partial charge in [0.2, 0.25) is 0 Å². The molecule has 0 unspecified atom stereocenters. The van der Waals surface area contributed by atoms with Crippen molar-refractivity contribution in [3.05, 3.63) is 24.4 Å². The molecule has 0 fully saturated rings. The van der Waals surface area contributed by atoms with E-state index < -0.39 is 0 Å². The normalized spacial score (nSPS) is 11.4. The van der Waals surface area contributed by atoms with Crippen LogP contribution in [0.5, 0.6) is 0 Å². The van der Waals surface area contributed by atoms with E-state index in [-0.39, 0.29) is 0 Å². The summed E-state index contributed by atoms with van der Waals surface area (Å²) in [5.74, 6) is 0. The molecule has 2 N–H and O–H groups in total. The van der Waals surface area contributed by atoms with Crippen LogP contribution in [-0.4, -0.2) is 0 Å². The second kappa shape index (κ2) is 5.42. The molecule has 0 aliphatic carbocycles. The zero-order valence-corrected chi connectivity index (χ0v) is 6.06. The third kappa shape index (κ3) is 5.15. The highest BCUT2D eigenvalue weighted by Crippen LogP contribution is 2.00. The minimum absolute atomic E-state index is 0.983. The van der Waals surface area contributed by atoms with Crippen LogP contribution in [0.4, 0.5) is 0 Å². The van der Waals surface area contributed by atoms with Gasteiger partial charge in [-0.15, -0.1) is 6.58 Å². The molecule has 0 aromatic heterocycles. The lowest BCUT2D eigenvalue weighted by Crippen LogP contribution is -1.95. The molecule has 1 nitrogen and oxygen atoms in total. The van der Waals surface area contributed by atoms with Crippen molar-refractivity contribution in [2.75, 3.05) is 0 Å². The summed E-state index contributed by atoms with van der Waals surface area (Å²) in [6.07, 6.45) is 7.06. The smallest absolute Gasteiger partial charge is 0.00372 e. The minimum Gasteiger partial charge on any atom is -0.402 e. The van der Waals surface area contributed by atoms with Crippen LogP contribution in [0, 0.1) is 0 Å². The van der Waals surface area contributed by atoms with Crippen molar-refractivity contribution in [2.24, 2.45) is 5.73 Å². The predicted octanol–water partition coefficient (Wildman–Crippen LogP) is 2.21. The Balaban J connectivity index is 3.17. The van der Waals surface area contributed by atoms with Crippen LogP contribution in [0.15, 0.2) is 24.4 Å². The molecule has 0 aliphatic rings. The quantitative estimate of drug-likeness (QED) is 0.452. The second-order valence-electron chi connectivity index (χ2n) is 2.04. The van der Waals surface area contributed by atoms with Crippen LogP contribution in [0.2, 0.25) is 0 Å². The largest absolute Gasteiger partial charge is 0.402 e. The number of hydrogen-bond acceptors (Lipinski definition) is 1. The Labute approximate surface area is 57.3 Å². The molecule has 0 aliphatic heterocycles. The number of nitrogens with two attached hydrogens (primary N) is 1. The average Bonchev–Trinajstić information content (AvgIpc) is 1.89. The fourth-order valence-corrected chi connectivity index (χ4v) is 0.595. The third-order valence-corrected chi connectivity index (χ3v) is 1.24. The summed E-state index contributed by atoms with van der Waals surface area (Å²) in [7, 11) is 0. The van der Waals surface area contributed by atoms with Gasteiger partial charge in [0.1, 0.15) is 0 Å². The van der Waals surface area contributed by atoms with Gasteiger partial charge < -0.3 is 5.73 Å². The van der Waals surface area contributed by atoms with E-state index in [4.69, 9.17) is 5.73 Å². The van der Waals surface area contributed by atoms with Gasteiger partial charge in [0.25, 0.3) is 0 Å². The van der Waals surface area contributed by atoms with Crippen molar-refractivity contribution < 1.29 is 0 Å². The van der Waals surface area contributed by atoms with E-state index >= 15 is 0 Å². The third-order valence-electron chi connectivity index (χ3n) is 1.24. The van der Waals surface area contributed by atoms with Crippen LogP contribution < -0.4 is 5.73 Å². The van der Waals surface area contributed by atoms with Gasteiger partial charge in [-0.1, -0.05) is 12.2 Å². The molecule has 0 radical (unpaired) electrons. The Morgan fingerprint density at radius 3 is 2.78 bits per heavy atom. The predicted molar refractivity (Wildman–Crippen MR) is 42.0 cm³/mol. The molecule has 1 heteroatoms. The molecule has 0 saturated heterocycles. The summed E-state index contributed by atoms with van der Waals surface area (Å²) < 4.78 is 0. The van der Waals surface area contributed by atoms with E-state index in [0.717, 1.165) is 25.0 Å². The Hall–Kier alpha value is -0.720. The first kappa shape index (κ1) is 8.28. The SMILES string of the molecule is C=CCCCC(N)=CC. The highest BCUT2D eigenvalue weighted by molar-refractivity contribution is 4.93. The molecule has 0 aromatic carbocycles. The van der Waals surface area contributed by atoms with Gasteiger partial charge in [-0.05, 0) is 26.2 Å². The molecule has 0 heterocycles. The summed E-state index contributed by atoms with van der Waals surface area (Å²) >= 11 is 0. The molecular formula is C8H15N. The van der Waals surface area contributed by atoms with Crippen LogP contribution in [0.25, 0.3) is 0 Å². The van der Waals surface area contributed by atoms with Crippen LogP contribution >= 0.6 is 0 Å². The average molecular weight is 125 g/mol. The van der Waals surface area contributed by atoms with Gasteiger partial charge in [-0.25, -0.2) is 0 Å². The summed E-state index contributed by atoms with van der Waals surface area (Å²) in [6.45, 7) is 5.58. The van der Waals surface area contributed by atoms with Gasteiger partial charge in [0.05, 0.1) is 0 Å². The fraction of sp³-hybridized carbons (Fsp3) is 0.500. The maximum Gasteiger partial charge on any atom is 0.00372 e. The molecule has 52 valence electrons. The number of hydrogen-bond donors (Lipinski definition) is 1. The summed E-state index contributed by atoms with van der Waals surface area (Å²) in [5, 5.41) is 0. The van der Waals surface area contributed by atoms with Crippen LogP contribution in [-0.2, 0) is 0 Å². The van der Waals surface area contributed by atoms with Gasteiger partial charge >= 0.3 is 0 Å². The fourth-order valence-electron chi connectivity index (χ4n) is 0.595. The van der Waals surface area contributed by atoms with Crippen molar-refractivity contribution in [2.45, 2.75) is 26.2 Å². The Morgan fingerprint density at radius 2 is 2.33 bits per heavy atom. The summed E-state index contributed by atoms with van der Waals surface area (Å²) in [6, 6.07) is 0. The van der Waals surface area contributed by atoms with Gasteiger partial charge in [0.15, 0.2) is 0 Å². The van der Waals surface area contributed by atoms with E-state index in [1.807, 2.05) is 19.1 Å². The molecule has 0 saturated carbocycles. The lowest BCUT2D eigenvalue weighted by atomic mass is 10.2. The van der Waals surface area contributed by atoms with Gasteiger partial charge in [-0.2, -0.15) is 0 Å². The van der Waals surface area contributed by atoms with E-state index in [9.17, 15) is 0 Å². The van der Waals surface area contributed by atoms with Crippen LogP contribution in [0.1, 0.15) is 26.2 Å². The highest BCUT2D eigenvalue weighted by atomic mass is 14.6. The Kier molecular flexibility index (Phi) is 4.98. The zero-order chi connectivity index (χ0) is 7.11. The molecule has 0 atom stereocenters. The number of rotatable bonds is 4. The summed E-state index contributed by atoms with van der Waals surface area (Å²) in [4.78, 5) is 0.